The summed E-state index contributed by atoms with van der Waals surface area (Å²) < 4.78 is 56.7. The number of pyridine rings is 1. The molecule has 0 radical (unpaired) electrons. The van der Waals surface area contributed by atoms with E-state index in [1.165, 1.54) is 5.56 Å². The number of benzene rings is 3. The Labute approximate surface area is 275 Å². The number of fused-ring (bicyclic) bond motifs is 4. The van der Waals surface area contributed by atoms with E-state index >= 15 is 0 Å². The van der Waals surface area contributed by atoms with Gasteiger partial charge in [0, 0.05) is 35.3 Å². The molecule has 0 spiro atoms. The van der Waals surface area contributed by atoms with Crippen molar-refractivity contribution in [3.05, 3.63) is 88.1 Å². The molecule has 0 aliphatic heterocycles. The van der Waals surface area contributed by atoms with Gasteiger partial charge in [0.15, 0.2) is 6.20 Å². The molecule has 0 saturated heterocycles. The predicted octanol–water partition coefficient (Wildman–Crippen LogP) is 10.7. The zero-order valence-electron chi connectivity index (χ0n) is 32.7. The molecular weight excluding hydrogens is 548 g/mol. The van der Waals surface area contributed by atoms with Crippen molar-refractivity contribution in [1.29, 1.82) is 5.26 Å². The minimum absolute atomic E-state index is 0.113. The summed E-state index contributed by atoms with van der Waals surface area (Å²) in [4.78, 5) is 0. The third-order valence-corrected chi connectivity index (χ3v) is 9.53. The van der Waals surface area contributed by atoms with Crippen molar-refractivity contribution in [3.63, 3.8) is 0 Å². The van der Waals surface area contributed by atoms with Crippen LogP contribution in [0.2, 0.25) is 0 Å². The molecule has 3 heteroatoms. The van der Waals surface area contributed by atoms with Gasteiger partial charge in [-0.3, -0.25) is 0 Å². The van der Waals surface area contributed by atoms with Gasteiger partial charge in [-0.25, -0.2) is 4.57 Å². The first-order valence-corrected chi connectivity index (χ1v) is 16.4. The van der Waals surface area contributed by atoms with Crippen LogP contribution in [0.25, 0.3) is 44.3 Å². The van der Waals surface area contributed by atoms with Gasteiger partial charge in [0.25, 0.3) is 0 Å². The summed E-state index contributed by atoms with van der Waals surface area (Å²) in [5.41, 5.74) is 6.45. The van der Waals surface area contributed by atoms with Crippen molar-refractivity contribution < 1.29 is 15.8 Å². The Morgan fingerprint density at radius 2 is 1.64 bits per heavy atom. The zero-order valence-corrected chi connectivity index (χ0v) is 27.7. The first-order chi connectivity index (χ1) is 23.3. The fraction of sp³-hybridized carbons (Fsp3) is 0.429. The molecule has 1 saturated carbocycles. The lowest BCUT2D eigenvalue weighted by Crippen LogP contribution is -2.31. The van der Waals surface area contributed by atoms with Crippen molar-refractivity contribution in [1.82, 2.24) is 0 Å². The van der Waals surface area contributed by atoms with Gasteiger partial charge < -0.3 is 4.42 Å². The lowest BCUT2D eigenvalue weighted by Gasteiger charge is -2.25. The number of aryl methyl sites for hydroxylation is 2. The van der Waals surface area contributed by atoms with Crippen LogP contribution in [0, 0.1) is 29.1 Å². The average Bonchev–Trinajstić information content (AvgIpc) is 3.46. The normalized spacial score (nSPS) is 21.3. The van der Waals surface area contributed by atoms with Crippen molar-refractivity contribution in [2.45, 2.75) is 98.7 Å². The lowest BCUT2D eigenvalue weighted by molar-refractivity contribution is -0.660. The number of hydrogen-bond donors (Lipinski definition) is 0. The molecule has 1 fully saturated rings. The van der Waals surface area contributed by atoms with E-state index in [2.05, 4.69) is 68.8 Å². The van der Waals surface area contributed by atoms with Crippen LogP contribution in [0.15, 0.2) is 59.1 Å². The summed E-state index contributed by atoms with van der Waals surface area (Å²) in [7, 11) is 2.03. The molecule has 0 atom stereocenters. The van der Waals surface area contributed by atoms with E-state index in [1.807, 2.05) is 25.2 Å². The van der Waals surface area contributed by atoms with E-state index in [1.54, 1.807) is 19.9 Å². The number of nitrogens with zero attached hydrogens (tertiary/aromatic N) is 2. The molecule has 45 heavy (non-hydrogen) atoms. The number of nitriles is 1. The van der Waals surface area contributed by atoms with Crippen LogP contribution in [0.1, 0.15) is 113 Å². The molecule has 0 amide bonds. The highest BCUT2D eigenvalue weighted by atomic mass is 16.3. The Hall–Kier alpha value is -3.90. The second-order valence-electron chi connectivity index (χ2n) is 14.9. The van der Waals surface area contributed by atoms with Crippen LogP contribution >= 0.6 is 0 Å². The van der Waals surface area contributed by atoms with Crippen LogP contribution in [0.5, 0.6) is 0 Å². The van der Waals surface area contributed by atoms with Crippen molar-refractivity contribution in [2.75, 3.05) is 0 Å². The van der Waals surface area contributed by atoms with E-state index in [0.29, 0.717) is 46.3 Å². The van der Waals surface area contributed by atoms with E-state index < -0.39 is 24.1 Å². The molecular formula is C42H47N2O+. The van der Waals surface area contributed by atoms with E-state index in [-0.39, 0.29) is 16.5 Å². The van der Waals surface area contributed by atoms with Crippen LogP contribution in [-0.4, -0.2) is 0 Å². The Bertz CT molecular complexity index is 2240. The van der Waals surface area contributed by atoms with E-state index in [0.717, 1.165) is 53.3 Å². The SMILES string of the molecule is [2H]C1(c2ccc(-c3c(C#N)ccc4c3oc3c(-c5cc(CC(C)(C)C)cc[n+]5C)c(C)ccc34)c3c2C([2H])([2H])C(C)(C)C3([2H])[2H])CCCCC1. The van der Waals surface area contributed by atoms with Crippen LogP contribution < -0.4 is 4.57 Å². The molecule has 0 bridgehead atoms. The van der Waals surface area contributed by atoms with Crippen LogP contribution in [0.4, 0.5) is 0 Å². The molecule has 2 heterocycles. The van der Waals surface area contributed by atoms with Crippen LogP contribution in [-0.2, 0) is 26.2 Å². The average molecular weight is 601 g/mol. The number of furan rings is 1. The van der Waals surface area contributed by atoms with Gasteiger partial charge in [-0.1, -0.05) is 78.1 Å². The van der Waals surface area contributed by atoms with Gasteiger partial charge in [-0.2, -0.15) is 5.26 Å². The highest BCUT2D eigenvalue weighted by Gasteiger charge is 2.35. The fourth-order valence-corrected chi connectivity index (χ4v) is 7.53. The third-order valence-electron chi connectivity index (χ3n) is 9.53. The second kappa shape index (κ2) is 10.9. The number of rotatable bonds is 4. The Kier molecular flexibility index (Phi) is 5.88. The molecule has 2 aromatic heterocycles. The Morgan fingerprint density at radius 3 is 2.36 bits per heavy atom. The third kappa shape index (κ3) is 5.27. The maximum Gasteiger partial charge on any atom is 0.216 e. The molecule has 3 aromatic carbocycles. The summed E-state index contributed by atoms with van der Waals surface area (Å²) in [5.74, 6) is -1.00. The molecule has 2 aliphatic carbocycles. The highest BCUT2D eigenvalue weighted by molar-refractivity contribution is 6.14. The predicted molar refractivity (Wildman–Crippen MR) is 185 cm³/mol. The zero-order chi connectivity index (χ0) is 36.2. The summed E-state index contributed by atoms with van der Waals surface area (Å²) in [6.07, 6.45) is 2.86. The van der Waals surface area contributed by atoms with Gasteiger partial charge in [-0.05, 0) is 101 Å². The molecule has 7 rings (SSSR count). The highest BCUT2D eigenvalue weighted by Crippen LogP contribution is 2.49. The number of hydrogen-bond acceptors (Lipinski definition) is 2. The van der Waals surface area contributed by atoms with Gasteiger partial charge in [0.2, 0.25) is 5.69 Å². The standard InChI is InChI=1S/C42H47N2O/c1-26-13-15-32-33-16-14-29(25-43)38(31-18-17-30(28-11-9-8-10-12-28)34-23-42(5,6)24-35(31)34)40(33)45-39(32)37(26)36-21-27(19-20-44(36)7)22-41(2,3)4/h13-21,28H,8-12,22-24H2,1-7H3/q+1/i23D2,24D2,28D. The lowest BCUT2D eigenvalue weighted by atomic mass is 9.79. The minimum Gasteiger partial charge on any atom is -0.454 e. The van der Waals surface area contributed by atoms with Gasteiger partial charge in [-0.15, -0.1) is 0 Å². The molecule has 2 aliphatic rings. The first kappa shape index (κ1) is 24.3. The molecule has 0 unspecified atom stereocenters. The number of aromatic nitrogens is 1. The fourth-order valence-electron chi connectivity index (χ4n) is 7.53. The second-order valence-corrected chi connectivity index (χ2v) is 14.9. The van der Waals surface area contributed by atoms with Gasteiger partial charge in [0.05, 0.1) is 17.2 Å². The molecule has 3 nitrogen and oxygen atoms in total. The van der Waals surface area contributed by atoms with Gasteiger partial charge >= 0.3 is 0 Å². The Balaban J connectivity index is 1.56. The summed E-state index contributed by atoms with van der Waals surface area (Å²) in [5, 5.41) is 12.2. The summed E-state index contributed by atoms with van der Waals surface area (Å²) >= 11 is 0. The maximum absolute atomic E-state index is 10.5. The summed E-state index contributed by atoms with van der Waals surface area (Å²) in [6, 6.07) is 18.3. The largest absolute Gasteiger partial charge is 0.454 e. The minimum atomic E-state index is -2.11. The van der Waals surface area contributed by atoms with Crippen molar-refractivity contribution in [2.24, 2.45) is 17.9 Å². The topological polar surface area (TPSA) is 40.8 Å². The maximum atomic E-state index is 10.5. The molecule has 0 N–H and O–H groups in total. The quantitative estimate of drug-likeness (QED) is 0.193. The van der Waals surface area contributed by atoms with E-state index in [9.17, 15) is 12.1 Å². The smallest absolute Gasteiger partial charge is 0.216 e. The summed E-state index contributed by atoms with van der Waals surface area (Å²) in [6.45, 7) is 12.1. The van der Waals surface area contributed by atoms with Crippen molar-refractivity contribution in [3.8, 4) is 28.5 Å². The van der Waals surface area contributed by atoms with E-state index in [4.69, 9.17) is 4.42 Å². The van der Waals surface area contributed by atoms with Crippen molar-refractivity contribution >= 4 is 21.9 Å². The first-order valence-electron chi connectivity index (χ1n) is 18.9. The molecule has 5 aromatic rings. The van der Waals surface area contributed by atoms with Crippen LogP contribution in [0.3, 0.4) is 0 Å². The Morgan fingerprint density at radius 1 is 0.956 bits per heavy atom. The monoisotopic (exact) mass is 600 g/mol. The molecule has 230 valence electrons. The van der Waals surface area contributed by atoms with Gasteiger partial charge in [0.1, 0.15) is 18.2 Å².